The van der Waals surface area contributed by atoms with Gasteiger partial charge in [0, 0.05) is 5.88 Å². The van der Waals surface area contributed by atoms with E-state index in [0.29, 0.717) is 11.8 Å². The highest BCUT2D eigenvalue weighted by atomic mass is 35.5. The van der Waals surface area contributed by atoms with Crippen LogP contribution >= 0.6 is 11.6 Å². The smallest absolute Gasteiger partial charge is 0.0232 e. The summed E-state index contributed by atoms with van der Waals surface area (Å²) in [6.07, 6.45) is 7.05. The summed E-state index contributed by atoms with van der Waals surface area (Å²) in [5, 5.41) is 0. The lowest BCUT2D eigenvalue weighted by Crippen LogP contribution is -1.90. The summed E-state index contributed by atoms with van der Waals surface area (Å²) in [6.45, 7) is 5.69. The molecule has 0 amide bonds. The predicted octanol–water partition coefficient (Wildman–Crippen LogP) is 2.99. The van der Waals surface area contributed by atoms with E-state index < -0.39 is 0 Å². The maximum absolute atomic E-state index is 5.53. The Morgan fingerprint density at radius 3 is 2.67 bits per heavy atom. The van der Waals surface area contributed by atoms with Gasteiger partial charge in [-0.3, -0.25) is 0 Å². The molecule has 52 valence electrons. The molecule has 0 aromatic carbocycles. The molecular weight excluding hydrogens is 132 g/mol. The molecule has 0 N–H and O–H groups in total. The van der Waals surface area contributed by atoms with Gasteiger partial charge in [-0.2, -0.15) is 0 Å². The van der Waals surface area contributed by atoms with Crippen molar-refractivity contribution < 1.29 is 0 Å². The first kappa shape index (κ1) is 8.77. The van der Waals surface area contributed by atoms with Crippen LogP contribution in [-0.4, -0.2) is 5.88 Å². The maximum Gasteiger partial charge on any atom is 0.0232 e. The molecule has 9 heavy (non-hydrogen) atoms. The van der Waals surface area contributed by atoms with Crippen LogP contribution in [0.2, 0.25) is 0 Å². The molecule has 0 aliphatic carbocycles. The van der Waals surface area contributed by atoms with Gasteiger partial charge in [0.15, 0.2) is 0 Å². The second-order valence-electron chi connectivity index (χ2n) is 1.90. The van der Waals surface area contributed by atoms with Crippen LogP contribution in [0.1, 0.15) is 13.3 Å². The van der Waals surface area contributed by atoms with Gasteiger partial charge in [-0.05, 0) is 19.3 Å². The Hall–Kier alpha value is -0.230. The van der Waals surface area contributed by atoms with Crippen molar-refractivity contribution in [2.75, 3.05) is 5.88 Å². The lowest BCUT2D eigenvalue weighted by molar-refractivity contribution is 0.780. The monoisotopic (exact) mass is 144 g/mol. The highest BCUT2D eigenvalue weighted by Gasteiger charge is 1.94. The highest BCUT2D eigenvalue weighted by Crippen LogP contribution is 2.06. The number of allylic oxidation sites excluding steroid dienone is 3. The van der Waals surface area contributed by atoms with Crippen LogP contribution in [0.5, 0.6) is 0 Å². The summed E-state index contributed by atoms with van der Waals surface area (Å²) in [7, 11) is 0. The van der Waals surface area contributed by atoms with Crippen molar-refractivity contribution >= 4 is 11.6 Å². The van der Waals surface area contributed by atoms with Crippen LogP contribution in [0.25, 0.3) is 0 Å². The van der Waals surface area contributed by atoms with Crippen molar-refractivity contribution in [1.82, 2.24) is 0 Å². The Bertz CT molecular complexity index is 94.7. The van der Waals surface area contributed by atoms with Gasteiger partial charge in [0.2, 0.25) is 0 Å². The van der Waals surface area contributed by atoms with Gasteiger partial charge in [0.1, 0.15) is 0 Å². The third-order valence-electron chi connectivity index (χ3n) is 1.18. The largest absolute Gasteiger partial charge is 0.127 e. The molecule has 1 unspecified atom stereocenters. The van der Waals surface area contributed by atoms with Gasteiger partial charge in [-0.25, -0.2) is 0 Å². The minimum absolute atomic E-state index is 0.465. The molecular formula is C8H13Cl. The SMILES string of the molecule is C=CC(/C=C\C)CCCl. The first-order chi connectivity index (χ1) is 4.35. The van der Waals surface area contributed by atoms with Crippen molar-refractivity contribution in [1.29, 1.82) is 0 Å². The molecule has 0 aromatic rings. The molecule has 1 heteroatoms. The fourth-order valence-electron chi connectivity index (χ4n) is 0.666. The molecule has 0 saturated heterocycles. The molecule has 0 fully saturated rings. The molecule has 0 spiro atoms. The van der Waals surface area contributed by atoms with Gasteiger partial charge in [0.25, 0.3) is 0 Å². The number of hydrogen-bond acceptors (Lipinski definition) is 0. The first-order valence-electron chi connectivity index (χ1n) is 3.16. The summed E-state index contributed by atoms with van der Waals surface area (Å²) >= 11 is 5.53. The second kappa shape index (κ2) is 5.90. The average Bonchev–Trinajstić information content (AvgIpc) is 1.88. The third kappa shape index (κ3) is 4.28. The minimum atomic E-state index is 0.465. The predicted molar refractivity (Wildman–Crippen MR) is 43.8 cm³/mol. The van der Waals surface area contributed by atoms with Crippen LogP contribution in [0.3, 0.4) is 0 Å². The molecule has 0 radical (unpaired) electrons. The van der Waals surface area contributed by atoms with Gasteiger partial charge in [0.05, 0.1) is 0 Å². The van der Waals surface area contributed by atoms with Gasteiger partial charge >= 0.3 is 0 Å². The molecule has 0 heterocycles. The average molecular weight is 145 g/mol. The van der Waals surface area contributed by atoms with Crippen LogP contribution < -0.4 is 0 Å². The standard InChI is InChI=1S/C8H13Cl/c1-3-5-8(4-2)6-7-9/h3-5,8H,2,6-7H2,1H3/b5-3-. The lowest BCUT2D eigenvalue weighted by Gasteiger charge is -2.01. The van der Waals surface area contributed by atoms with Crippen molar-refractivity contribution in [3.63, 3.8) is 0 Å². The van der Waals surface area contributed by atoms with Crippen LogP contribution in [0.4, 0.5) is 0 Å². The van der Waals surface area contributed by atoms with Crippen LogP contribution in [0.15, 0.2) is 24.8 Å². The topological polar surface area (TPSA) is 0 Å². The molecule has 0 bridgehead atoms. The molecule has 0 aromatic heterocycles. The quantitative estimate of drug-likeness (QED) is 0.421. The molecule has 0 aliphatic rings. The van der Waals surface area contributed by atoms with E-state index >= 15 is 0 Å². The normalized spacial score (nSPS) is 14.0. The van der Waals surface area contributed by atoms with Crippen molar-refractivity contribution in [2.24, 2.45) is 5.92 Å². The van der Waals surface area contributed by atoms with Gasteiger partial charge in [-0.1, -0.05) is 18.2 Å². The van der Waals surface area contributed by atoms with E-state index in [9.17, 15) is 0 Å². The molecule has 0 aliphatic heterocycles. The molecule has 0 nitrogen and oxygen atoms in total. The van der Waals surface area contributed by atoms with Crippen LogP contribution in [0, 0.1) is 5.92 Å². The fraction of sp³-hybridized carbons (Fsp3) is 0.500. The summed E-state index contributed by atoms with van der Waals surface area (Å²) in [5.41, 5.74) is 0. The van der Waals surface area contributed by atoms with Crippen LogP contribution in [-0.2, 0) is 0 Å². The Morgan fingerprint density at radius 2 is 2.33 bits per heavy atom. The summed E-state index contributed by atoms with van der Waals surface area (Å²) in [5.74, 6) is 1.17. The molecule has 0 rings (SSSR count). The number of rotatable bonds is 4. The Labute approximate surface area is 62.2 Å². The number of halogens is 1. The zero-order chi connectivity index (χ0) is 7.11. The Morgan fingerprint density at radius 1 is 1.67 bits per heavy atom. The summed E-state index contributed by atoms with van der Waals surface area (Å²) in [4.78, 5) is 0. The zero-order valence-electron chi connectivity index (χ0n) is 5.81. The van der Waals surface area contributed by atoms with E-state index in [2.05, 4.69) is 12.7 Å². The van der Waals surface area contributed by atoms with E-state index in [1.165, 1.54) is 0 Å². The van der Waals surface area contributed by atoms with E-state index in [1.54, 1.807) is 0 Å². The van der Waals surface area contributed by atoms with E-state index in [4.69, 9.17) is 11.6 Å². The van der Waals surface area contributed by atoms with Gasteiger partial charge < -0.3 is 0 Å². The number of hydrogen-bond donors (Lipinski definition) is 0. The number of alkyl halides is 1. The Kier molecular flexibility index (Phi) is 5.75. The minimum Gasteiger partial charge on any atom is -0.127 e. The first-order valence-corrected chi connectivity index (χ1v) is 3.70. The van der Waals surface area contributed by atoms with E-state index in [-0.39, 0.29) is 0 Å². The van der Waals surface area contributed by atoms with Crippen molar-refractivity contribution in [2.45, 2.75) is 13.3 Å². The van der Waals surface area contributed by atoms with Crippen molar-refractivity contribution in [3.05, 3.63) is 24.8 Å². The zero-order valence-corrected chi connectivity index (χ0v) is 6.56. The molecule has 1 atom stereocenters. The highest BCUT2D eigenvalue weighted by molar-refractivity contribution is 6.17. The lowest BCUT2D eigenvalue weighted by atomic mass is 10.1. The Balaban J connectivity index is 3.53. The summed E-state index contributed by atoms with van der Waals surface area (Å²) < 4.78 is 0. The molecule has 0 saturated carbocycles. The van der Waals surface area contributed by atoms with E-state index in [0.717, 1.165) is 6.42 Å². The summed E-state index contributed by atoms with van der Waals surface area (Å²) in [6, 6.07) is 0. The van der Waals surface area contributed by atoms with E-state index in [1.807, 2.05) is 19.1 Å². The van der Waals surface area contributed by atoms with Gasteiger partial charge in [-0.15, -0.1) is 18.2 Å². The second-order valence-corrected chi connectivity index (χ2v) is 2.28. The maximum atomic E-state index is 5.53. The fourth-order valence-corrected chi connectivity index (χ4v) is 0.918. The van der Waals surface area contributed by atoms with Crippen molar-refractivity contribution in [3.8, 4) is 0 Å². The third-order valence-corrected chi connectivity index (χ3v) is 1.40.